The van der Waals surface area contributed by atoms with E-state index in [4.69, 9.17) is 19.2 Å². The van der Waals surface area contributed by atoms with E-state index in [1.807, 2.05) is 0 Å². The molecule has 0 heterocycles. The summed E-state index contributed by atoms with van der Waals surface area (Å²) >= 11 is 0. The van der Waals surface area contributed by atoms with Gasteiger partial charge in [0.05, 0.1) is 0 Å². The van der Waals surface area contributed by atoms with E-state index in [9.17, 15) is 0 Å². The van der Waals surface area contributed by atoms with E-state index in [0.717, 1.165) is 0 Å². The van der Waals surface area contributed by atoms with Gasteiger partial charge >= 0.3 is 97.8 Å². The molecule has 0 unspecified atom stereocenters. The van der Waals surface area contributed by atoms with Gasteiger partial charge in [0.1, 0.15) is 0 Å². The molecular weight excluding hydrogens is 481 g/mol. The molecule has 0 saturated heterocycles. The van der Waals surface area contributed by atoms with Crippen LogP contribution in [0.5, 0.6) is 0 Å². The SMILES string of the molecule is F.F.F.F.F.F.[Ba+2].[Ba+2].[O-][Si]([O-])([O-])[O-]. The van der Waals surface area contributed by atoms with Gasteiger partial charge < -0.3 is 28.2 Å². The van der Waals surface area contributed by atoms with Gasteiger partial charge in [-0.1, -0.05) is 0 Å². The van der Waals surface area contributed by atoms with Crippen molar-refractivity contribution in [2.24, 2.45) is 0 Å². The first-order valence-electron chi connectivity index (χ1n) is 0.816. The normalized spacial score (nSPS) is 4.62. The van der Waals surface area contributed by atoms with Gasteiger partial charge in [-0.2, -0.15) is 0 Å². The van der Waals surface area contributed by atoms with E-state index in [1.54, 1.807) is 0 Å². The molecule has 0 aromatic heterocycles. The Hall–Kier alpha value is 2.78. The second-order valence-corrected chi connectivity index (χ2v) is 1.50. The number of hydrogen-bond acceptors (Lipinski definition) is 4. The van der Waals surface area contributed by atoms with Crippen LogP contribution < -0.4 is 19.2 Å². The van der Waals surface area contributed by atoms with Crippen LogP contribution in [0.2, 0.25) is 0 Å². The maximum atomic E-state index is 8.58. The summed E-state index contributed by atoms with van der Waals surface area (Å²) in [6.45, 7) is 0. The Kier molecular flexibility index (Phi) is 210. The molecule has 4 nitrogen and oxygen atoms in total. The zero-order valence-electron chi connectivity index (χ0n) is 6.00. The Labute approximate surface area is 151 Å². The zero-order valence-corrected chi connectivity index (χ0v) is 15.9. The quantitative estimate of drug-likeness (QED) is 0.253. The van der Waals surface area contributed by atoms with Crippen molar-refractivity contribution in [1.29, 1.82) is 0 Å². The Morgan fingerprint density at radius 2 is 0.462 bits per heavy atom. The summed E-state index contributed by atoms with van der Waals surface area (Å²) in [6, 6.07) is 0. The summed E-state index contributed by atoms with van der Waals surface area (Å²) in [7, 11) is -5.61. The number of hydrogen-bond donors (Lipinski definition) is 0. The molecule has 80 valence electrons. The summed E-state index contributed by atoms with van der Waals surface area (Å²) in [5.74, 6) is 0. The van der Waals surface area contributed by atoms with E-state index >= 15 is 0 Å². The molecule has 0 bridgehead atoms. The van der Waals surface area contributed by atoms with Crippen LogP contribution >= 0.6 is 0 Å². The minimum Gasteiger partial charge on any atom is -0.894 e. The molecule has 0 atom stereocenters. The molecule has 0 aromatic carbocycles. The van der Waals surface area contributed by atoms with Crippen LogP contribution in [0.25, 0.3) is 0 Å². The molecule has 0 spiro atoms. The number of halogens is 6. The van der Waals surface area contributed by atoms with Gasteiger partial charge in [-0.3, -0.25) is 28.2 Å². The predicted octanol–water partition coefficient (Wildman–Crippen LogP) is -4.98. The molecule has 0 aliphatic heterocycles. The minimum atomic E-state index is -5.61. The van der Waals surface area contributed by atoms with Crippen molar-refractivity contribution in [2.75, 3.05) is 0 Å². The molecule has 0 aliphatic carbocycles. The summed E-state index contributed by atoms with van der Waals surface area (Å²) in [6.07, 6.45) is 0. The van der Waals surface area contributed by atoms with Gasteiger partial charge in [0.15, 0.2) is 0 Å². The molecule has 0 amide bonds. The fourth-order valence-electron chi connectivity index (χ4n) is 0. The molecule has 0 fully saturated rings. The molecule has 0 rings (SSSR count). The van der Waals surface area contributed by atoms with E-state index in [0.29, 0.717) is 0 Å². The van der Waals surface area contributed by atoms with Gasteiger partial charge in [-0.05, 0) is 0 Å². The first-order chi connectivity index (χ1) is 2.00. The van der Waals surface area contributed by atoms with Crippen molar-refractivity contribution in [1.82, 2.24) is 0 Å². The molecule has 13 heteroatoms. The van der Waals surface area contributed by atoms with Gasteiger partial charge in [0.25, 0.3) is 0 Å². The smallest absolute Gasteiger partial charge is 0.894 e. The van der Waals surface area contributed by atoms with Crippen molar-refractivity contribution >= 4 is 107 Å². The standard InChI is InChI=1S/2Ba.6FH.O4Si/c;;;;;;;;1-5(2,3)4/h;;6*1H;/q2*+2;;;;;;;-4. The molecule has 0 N–H and O–H groups in total. The van der Waals surface area contributed by atoms with Crippen LogP contribution in [-0.4, -0.2) is 107 Å². The van der Waals surface area contributed by atoms with E-state index in [1.165, 1.54) is 0 Å². The Bertz CT molecular complexity index is 38.1. The monoisotopic (exact) mass is 488 g/mol. The van der Waals surface area contributed by atoms with Crippen LogP contribution in [0.4, 0.5) is 28.2 Å². The molecule has 0 aromatic rings. The summed E-state index contributed by atoms with van der Waals surface area (Å²) in [5, 5.41) is 0. The average molecular weight is 487 g/mol. The van der Waals surface area contributed by atoms with Crippen LogP contribution in [0, 0.1) is 0 Å². The molecule has 13 heavy (non-hydrogen) atoms. The van der Waals surface area contributed by atoms with Gasteiger partial charge in [0.2, 0.25) is 0 Å². The predicted molar refractivity (Wildman–Crippen MR) is 32.3 cm³/mol. The van der Waals surface area contributed by atoms with Gasteiger partial charge in [-0.15, -0.1) is 0 Å². The number of rotatable bonds is 0. The van der Waals surface area contributed by atoms with E-state index in [2.05, 4.69) is 0 Å². The zero-order chi connectivity index (χ0) is 4.50. The molecular formula is H6Ba2F6O4Si. The van der Waals surface area contributed by atoms with Crippen LogP contribution in [0.1, 0.15) is 0 Å². The summed E-state index contributed by atoms with van der Waals surface area (Å²) < 4.78 is 0. The average Bonchev–Trinajstić information content (AvgIpc) is 0.722. The second kappa shape index (κ2) is 36.4. The first kappa shape index (κ1) is 75.0. The maximum absolute atomic E-state index is 8.58. The first-order valence-corrected chi connectivity index (χ1v) is 2.45. The maximum Gasteiger partial charge on any atom is 2.00 e. The summed E-state index contributed by atoms with van der Waals surface area (Å²) in [4.78, 5) is 34.3. The fraction of sp³-hybridized carbons (Fsp3) is 0. The van der Waals surface area contributed by atoms with Crippen molar-refractivity contribution in [2.45, 2.75) is 0 Å². The molecule has 0 radical (unpaired) electrons. The molecule has 0 aliphatic rings. The van der Waals surface area contributed by atoms with Gasteiger partial charge in [-0.25, -0.2) is 0 Å². The van der Waals surface area contributed by atoms with Crippen molar-refractivity contribution < 1.29 is 47.4 Å². The minimum absolute atomic E-state index is 0. The van der Waals surface area contributed by atoms with E-state index in [-0.39, 0.29) is 126 Å². The molecule has 0 saturated carbocycles. The second-order valence-electron chi connectivity index (χ2n) is 0.500. The Balaban J connectivity index is -0.00000000286. The fourth-order valence-corrected chi connectivity index (χ4v) is 0. The largest absolute Gasteiger partial charge is 2.00 e. The third-order valence-electron chi connectivity index (χ3n) is 0. The topological polar surface area (TPSA) is 92.2 Å². The third kappa shape index (κ3) is 312. The van der Waals surface area contributed by atoms with Crippen LogP contribution in [0.15, 0.2) is 0 Å². The van der Waals surface area contributed by atoms with E-state index < -0.39 is 9.05 Å². The Morgan fingerprint density at radius 1 is 0.462 bits per heavy atom. The Morgan fingerprint density at radius 3 is 0.462 bits per heavy atom. The third-order valence-corrected chi connectivity index (χ3v) is 0. The van der Waals surface area contributed by atoms with Crippen molar-refractivity contribution in [3.8, 4) is 0 Å². The van der Waals surface area contributed by atoms with Crippen LogP contribution in [0.3, 0.4) is 0 Å². The van der Waals surface area contributed by atoms with Crippen molar-refractivity contribution in [3.63, 3.8) is 0 Å². The summed E-state index contributed by atoms with van der Waals surface area (Å²) in [5.41, 5.74) is 0. The van der Waals surface area contributed by atoms with Crippen LogP contribution in [-0.2, 0) is 0 Å². The van der Waals surface area contributed by atoms with Gasteiger partial charge in [0, 0.05) is 0 Å². The van der Waals surface area contributed by atoms with Crippen molar-refractivity contribution in [3.05, 3.63) is 0 Å².